The Labute approximate surface area is 114 Å². The number of methoxy groups -OCH3 is 2. The van der Waals surface area contributed by atoms with Crippen molar-refractivity contribution in [2.75, 3.05) is 20.8 Å². The minimum absolute atomic E-state index is 0.110. The summed E-state index contributed by atoms with van der Waals surface area (Å²) in [6.07, 6.45) is 4.06. The Morgan fingerprint density at radius 2 is 1.79 bits per heavy atom. The first-order chi connectivity index (χ1) is 9.24. The van der Waals surface area contributed by atoms with E-state index in [1.54, 1.807) is 14.2 Å². The summed E-state index contributed by atoms with van der Waals surface area (Å²) in [5.74, 6) is 1.42. The number of aliphatic hydroxyl groups excluding tert-OH is 1. The van der Waals surface area contributed by atoms with E-state index in [2.05, 4.69) is 5.32 Å². The summed E-state index contributed by atoms with van der Waals surface area (Å²) in [5.41, 5.74) is 0.843. The summed E-state index contributed by atoms with van der Waals surface area (Å²) >= 11 is 0. The van der Waals surface area contributed by atoms with E-state index in [1.165, 1.54) is 12.8 Å². The highest BCUT2D eigenvalue weighted by molar-refractivity contribution is 5.39. The van der Waals surface area contributed by atoms with Crippen molar-refractivity contribution in [3.05, 3.63) is 23.8 Å². The van der Waals surface area contributed by atoms with E-state index in [4.69, 9.17) is 9.47 Å². The lowest BCUT2D eigenvalue weighted by molar-refractivity contribution is 0.125. The maximum absolute atomic E-state index is 10.5. The van der Waals surface area contributed by atoms with Crippen LogP contribution >= 0.6 is 0 Å². The van der Waals surface area contributed by atoms with Crippen LogP contribution in [0.15, 0.2) is 18.2 Å². The molecule has 1 fully saturated rings. The molecule has 0 amide bonds. The number of rotatable bonds is 4. The number of ether oxygens (including phenoxy) is 2. The first kappa shape index (κ1) is 14.2. The predicted octanol–water partition coefficient (Wildman–Crippen LogP) is 2.27. The Balaban J connectivity index is 2.18. The Hall–Kier alpha value is -1.26. The van der Waals surface area contributed by atoms with Crippen molar-refractivity contribution in [2.24, 2.45) is 0 Å². The van der Waals surface area contributed by atoms with Gasteiger partial charge in [-0.1, -0.05) is 12.8 Å². The van der Waals surface area contributed by atoms with Crippen LogP contribution < -0.4 is 14.8 Å². The quantitative estimate of drug-likeness (QED) is 0.877. The molecule has 2 unspecified atom stereocenters. The molecule has 2 N–H and O–H groups in total. The zero-order valence-corrected chi connectivity index (χ0v) is 11.7. The molecule has 0 aromatic heterocycles. The van der Waals surface area contributed by atoms with Gasteiger partial charge < -0.3 is 19.9 Å². The molecule has 0 bridgehead atoms. The maximum atomic E-state index is 10.5. The van der Waals surface area contributed by atoms with Crippen LogP contribution in [0.25, 0.3) is 0 Å². The minimum Gasteiger partial charge on any atom is -0.497 e. The Morgan fingerprint density at radius 3 is 2.42 bits per heavy atom. The highest BCUT2D eigenvalue weighted by Gasteiger charge is 2.22. The van der Waals surface area contributed by atoms with Gasteiger partial charge in [0.2, 0.25) is 0 Å². The van der Waals surface area contributed by atoms with E-state index in [0.717, 1.165) is 24.9 Å². The van der Waals surface area contributed by atoms with Crippen molar-refractivity contribution in [1.82, 2.24) is 5.32 Å². The number of hydrogen-bond donors (Lipinski definition) is 2. The molecule has 2 atom stereocenters. The fraction of sp³-hybridized carbons (Fsp3) is 0.600. The third-order valence-electron chi connectivity index (χ3n) is 3.69. The average molecular weight is 265 g/mol. The number of aliphatic hydroxyl groups is 1. The van der Waals surface area contributed by atoms with Crippen LogP contribution in [0.3, 0.4) is 0 Å². The lowest BCUT2D eigenvalue weighted by atomic mass is 9.98. The van der Waals surface area contributed by atoms with Crippen LogP contribution in [0.4, 0.5) is 0 Å². The monoisotopic (exact) mass is 265 g/mol. The molecule has 106 valence electrons. The Bertz CT molecular complexity index is 378. The first-order valence-corrected chi connectivity index (χ1v) is 6.89. The standard InChI is InChI=1S/C15H23NO3/c1-18-12-8-11(9-13(10-12)19-2)15(17)14-6-4-3-5-7-16-14/h8-10,14-17H,3-7H2,1-2H3. The normalized spacial score (nSPS) is 21.5. The van der Waals surface area contributed by atoms with Gasteiger partial charge in [0, 0.05) is 12.1 Å². The first-order valence-electron chi connectivity index (χ1n) is 6.89. The average Bonchev–Trinajstić information content (AvgIpc) is 2.74. The van der Waals surface area contributed by atoms with Crippen LogP contribution in [0.1, 0.15) is 37.4 Å². The molecule has 2 rings (SSSR count). The molecule has 1 aliphatic heterocycles. The number of benzene rings is 1. The van der Waals surface area contributed by atoms with E-state index >= 15 is 0 Å². The minimum atomic E-state index is -0.526. The van der Waals surface area contributed by atoms with Crippen molar-refractivity contribution in [1.29, 1.82) is 0 Å². The van der Waals surface area contributed by atoms with Crippen LogP contribution in [-0.2, 0) is 0 Å². The third-order valence-corrected chi connectivity index (χ3v) is 3.69. The fourth-order valence-corrected chi connectivity index (χ4v) is 2.56. The molecule has 1 aromatic rings. The maximum Gasteiger partial charge on any atom is 0.122 e. The van der Waals surface area contributed by atoms with E-state index < -0.39 is 6.10 Å². The van der Waals surface area contributed by atoms with Gasteiger partial charge in [-0.3, -0.25) is 0 Å². The molecule has 4 heteroatoms. The molecule has 1 aliphatic rings. The molecule has 19 heavy (non-hydrogen) atoms. The lowest BCUT2D eigenvalue weighted by Gasteiger charge is -2.23. The molecule has 4 nitrogen and oxygen atoms in total. The van der Waals surface area contributed by atoms with E-state index in [1.807, 2.05) is 18.2 Å². The molecular formula is C15H23NO3. The van der Waals surface area contributed by atoms with Gasteiger partial charge >= 0.3 is 0 Å². The topological polar surface area (TPSA) is 50.7 Å². The third kappa shape index (κ3) is 3.61. The molecule has 1 heterocycles. The SMILES string of the molecule is COc1cc(OC)cc(C(O)C2CCCCCN2)c1. The zero-order valence-electron chi connectivity index (χ0n) is 11.7. The summed E-state index contributed by atoms with van der Waals surface area (Å²) in [4.78, 5) is 0. The Kier molecular flexibility index (Phi) is 5.05. The summed E-state index contributed by atoms with van der Waals surface area (Å²) in [5, 5.41) is 14.0. The van der Waals surface area contributed by atoms with Gasteiger partial charge in [-0.25, -0.2) is 0 Å². The van der Waals surface area contributed by atoms with Gasteiger partial charge in [-0.05, 0) is 37.1 Å². The summed E-state index contributed by atoms with van der Waals surface area (Å²) in [7, 11) is 3.24. The van der Waals surface area contributed by atoms with Gasteiger partial charge in [0.1, 0.15) is 11.5 Å². The summed E-state index contributed by atoms with van der Waals surface area (Å²) < 4.78 is 10.5. The van der Waals surface area contributed by atoms with Crippen LogP contribution in [-0.4, -0.2) is 31.9 Å². The molecule has 0 saturated carbocycles. The van der Waals surface area contributed by atoms with Gasteiger partial charge in [-0.2, -0.15) is 0 Å². The smallest absolute Gasteiger partial charge is 0.122 e. The molecule has 0 radical (unpaired) electrons. The van der Waals surface area contributed by atoms with Crippen molar-refractivity contribution >= 4 is 0 Å². The van der Waals surface area contributed by atoms with Crippen molar-refractivity contribution in [2.45, 2.75) is 37.8 Å². The van der Waals surface area contributed by atoms with Crippen LogP contribution in [0.5, 0.6) is 11.5 Å². The number of hydrogen-bond acceptors (Lipinski definition) is 4. The predicted molar refractivity (Wildman–Crippen MR) is 74.8 cm³/mol. The highest BCUT2D eigenvalue weighted by Crippen LogP contribution is 2.29. The van der Waals surface area contributed by atoms with Gasteiger partial charge in [0.15, 0.2) is 0 Å². The summed E-state index contributed by atoms with van der Waals surface area (Å²) in [6.45, 7) is 0.975. The number of nitrogens with one attached hydrogen (secondary N) is 1. The largest absolute Gasteiger partial charge is 0.497 e. The second-order valence-electron chi connectivity index (χ2n) is 5.00. The van der Waals surface area contributed by atoms with E-state index in [0.29, 0.717) is 11.5 Å². The highest BCUT2D eigenvalue weighted by atomic mass is 16.5. The van der Waals surface area contributed by atoms with Crippen molar-refractivity contribution in [3.63, 3.8) is 0 Å². The molecular weight excluding hydrogens is 242 g/mol. The molecule has 0 spiro atoms. The summed E-state index contributed by atoms with van der Waals surface area (Å²) in [6, 6.07) is 5.68. The second-order valence-corrected chi connectivity index (χ2v) is 5.00. The van der Waals surface area contributed by atoms with Gasteiger partial charge in [0.05, 0.1) is 20.3 Å². The fourth-order valence-electron chi connectivity index (χ4n) is 2.56. The van der Waals surface area contributed by atoms with Gasteiger partial charge in [0.25, 0.3) is 0 Å². The zero-order chi connectivity index (χ0) is 13.7. The lowest BCUT2D eigenvalue weighted by Crippen LogP contribution is -2.34. The van der Waals surface area contributed by atoms with E-state index in [-0.39, 0.29) is 6.04 Å². The van der Waals surface area contributed by atoms with E-state index in [9.17, 15) is 5.11 Å². The molecule has 1 aromatic carbocycles. The molecule has 0 aliphatic carbocycles. The Morgan fingerprint density at radius 1 is 1.11 bits per heavy atom. The second kappa shape index (κ2) is 6.78. The van der Waals surface area contributed by atoms with Crippen LogP contribution in [0, 0.1) is 0 Å². The van der Waals surface area contributed by atoms with Crippen molar-refractivity contribution < 1.29 is 14.6 Å². The van der Waals surface area contributed by atoms with Crippen molar-refractivity contribution in [3.8, 4) is 11.5 Å². The molecule has 1 saturated heterocycles. The van der Waals surface area contributed by atoms with Crippen LogP contribution in [0.2, 0.25) is 0 Å². The van der Waals surface area contributed by atoms with Gasteiger partial charge in [-0.15, -0.1) is 0 Å².